The Bertz CT molecular complexity index is 637. The minimum Gasteiger partial charge on any atom is -0.353 e. The zero-order chi connectivity index (χ0) is 18.2. The average molecular weight is 348 g/mol. The number of aromatic nitrogens is 2. The molecule has 8 heteroatoms. The van der Waals surface area contributed by atoms with Gasteiger partial charge in [-0.3, -0.25) is 14.3 Å². The largest absolute Gasteiger partial charge is 0.353 e. The molecular formula is C17H28N6O2. The molecule has 0 saturated carbocycles. The second-order valence-electron chi connectivity index (χ2n) is 6.31. The summed E-state index contributed by atoms with van der Waals surface area (Å²) in [7, 11) is 0. The second kappa shape index (κ2) is 9.31. The Morgan fingerprint density at radius 3 is 2.92 bits per heavy atom. The SMILES string of the molecule is CCCCCn1nc(C)c(/C=N\NC(=O)C[C@H]2NCCNC2=O)c1C. The van der Waals surface area contributed by atoms with Crippen molar-refractivity contribution in [2.24, 2.45) is 5.10 Å². The predicted octanol–water partition coefficient (Wildman–Crippen LogP) is 0.618. The van der Waals surface area contributed by atoms with Crippen molar-refractivity contribution < 1.29 is 9.59 Å². The van der Waals surface area contributed by atoms with E-state index >= 15 is 0 Å². The molecule has 1 aliphatic heterocycles. The normalized spacial score (nSPS) is 17.7. The third kappa shape index (κ3) is 5.38. The van der Waals surface area contributed by atoms with Crippen LogP contribution in [-0.4, -0.2) is 46.9 Å². The van der Waals surface area contributed by atoms with Crippen LogP contribution in [-0.2, 0) is 16.1 Å². The maximum Gasteiger partial charge on any atom is 0.242 e. The lowest BCUT2D eigenvalue weighted by molar-refractivity contribution is -0.129. The monoisotopic (exact) mass is 348 g/mol. The van der Waals surface area contributed by atoms with Crippen LogP contribution >= 0.6 is 0 Å². The summed E-state index contributed by atoms with van der Waals surface area (Å²) in [5.41, 5.74) is 5.34. The van der Waals surface area contributed by atoms with Crippen molar-refractivity contribution in [3.63, 3.8) is 0 Å². The first-order valence-corrected chi connectivity index (χ1v) is 8.90. The van der Waals surface area contributed by atoms with E-state index in [1.807, 2.05) is 18.5 Å². The van der Waals surface area contributed by atoms with Crippen LogP contribution in [0.5, 0.6) is 0 Å². The molecule has 1 aromatic heterocycles. The van der Waals surface area contributed by atoms with Gasteiger partial charge in [-0.1, -0.05) is 19.8 Å². The number of hydrogen-bond acceptors (Lipinski definition) is 5. The first-order chi connectivity index (χ1) is 12.0. The van der Waals surface area contributed by atoms with E-state index in [4.69, 9.17) is 0 Å². The lowest BCUT2D eigenvalue weighted by Crippen LogP contribution is -2.54. The highest BCUT2D eigenvalue weighted by atomic mass is 16.2. The standard InChI is InChI=1S/C17H28N6O2/c1-4-5-6-9-23-13(3)14(12(2)22-23)11-20-21-16(24)10-15-17(25)19-8-7-18-15/h11,15,18H,4-10H2,1-3H3,(H,19,25)(H,21,24)/b20-11-/t15-/m1/s1. The number of carbonyl (C=O) groups excluding carboxylic acids is 2. The van der Waals surface area contributed by atoms with Crippen molar-refractivity contribution in [1.82, 2.24) is 25.8 Å². The van der Waals surface area contributed by atoms with Crippen LogP contribution < -0.4 is 16.1 Å². The maximum atomic E-state index is 11.9. The molecule has 25 heavy (non-hydrogen) atoms. The number of unbranched alkanes of at least 4 members (excludes halogenated alkanes) is 2. The van der Waals surface area contributed by atoms with Gasteiger partial charge < -0.3 is 10.6 Å². The van der Waals surface area contributed by atoms with Crippen molar-refractivity contribution in [2.75, 3.05) is 13.1 Å². The Morgan fingerprint density at radius 1 is 1.40 bits per heavy atom. The Morgan fingerprint density at radius 2 is 2.20 bits per heavy atom. The van der Waals surface area contributed by atoms with Gasteiger partial charge in [-0.25, -0.2) is 5.43 Å². The molecule has 1 aliphatic rings. The molecule has 2 amide bonds. The van der Waals surface area contributed by atoms with Crippen LogP contribution in [0, 0.1) is 13.8 Å². The summed E-state index contributed by atoms with van der Waals surface area (Å²) in [6.07, 6.45) is 5.15. The molecule has 138 valence electrons. The van der Waals surface area contributed by atoms with E-state index in [-0.39, 0.29) is 18.2 Å². The highest BCUT2D eigenvalue weighted by Crippen LogP contribution is 2.12. The van der Waals surface area contributed by atoms with E-state index in [1.54, 1.807) is 6.21 Å². The van der Waals surface area contributed by atoms with Crippen LogP contribution in [0.25, 0.3) is 0 Å². The topological polar surface area (TPSA) is 100 Å². The molecular weight excluding hydrogens is 320 g/mol. The van der Waals surface area contributed by atoms with Crippen molar-refractivity contribution in [2.45, 2.75) is 59.0 Å². The fourth-order valence-corrected chi connectivity index (χ4v) is 2.84. The Balaban J connectivity index is 1.88. The number of carbonyl (C=O) groups is 2. The number of nitrogens with one attached hydrogen (secondary N) is 3. The third-order valence-electron chi connectivity index (χ3n) is 4.31. The second-order valence-corrected chi connectivity index (χ2v) is 6.31. The van der Waals surface area contributed by atoms with E-state index in [2.05, 4.69) is 33.2 Å². The molecule has 3 N–H and O–H groups in total. The number of rotatable bonds is 8. The van der Waals surface area contributed by atoms with E-state index in [1.165, 1.54) is 12.8 Å². The van der Waals surface area contributed by atoms with Crippen molar-refractivity contribution in [1.29, 1.82) is 0 Å². The summed E-state index contributed by atoms with van der Waals surface area (Å²) < 4.78 is 1.99. The van der Waals surface area contributed by atoms with Crippen LogP contribution in [0.4, 0.5) is 0 Å². The van der Waals surface area contributed by atoms with Crippen molar-refractivity contribution in [3.05, 3.63) is 17.0 Å². The summed E-state index contributed by atoms with van der Waals surface area (Å²) in [6.45, 7) is 8.27. The van der Waals surface area contributed by atoms with Gasteiger partial charge in [-0.15, -0.1) is 0 Å². The van der Waals surface area contributed by atoms with Crippen molar-refractivity contribution in [3.8, 4) is 0 Å². The van der Waals surface area contributed by atoms with Gasteiger partial charge >= 0.3 is 0 Å². The average Bonchev–Trinajstić information content (AvgIpc) is 2.85. The number of hydrazone groups is 1. The van der Waals surface area contributed by atoms with Gasteiger partial charge in [0.15, 0.2) is 0 Å². The van der Waals surface area contributed by atoms with Crippen LogP contribution in [0.3, 0.4) is 0 Å². The maximum absolute atomic E-state index is 11.9. The molecule has 0 spiro atoms. The highest BCUT2D eigenvalue weighted by Gasteiger charge is 2.23. The zero-order valence-corrected chi connectivity index (χ0v) is 15.3. The molecule has 0 aliphatic carbocycles. The molecule has 0 unspecified atom stereocenters. The van der Waals surface area contributed by atoms with Crippen LogP contribution in [0.2, 0.25) is 0 Å². The van der Waals surface area contributed by atoms with Gasteiger partial charge in [-0.05, 0) is 20.3 Å². The Hall–Kier alpha value is -2.22. The van der Waals surface area contributed by atoms with E-state index < -0.39 is 6.04 Å². The molecule has 0 bridgehead atoms. The molecule has 1 atom stereocenters. The first-order valence-electron chi connectivity index (χ1n) is 8.90. The fourth-order valence-electron chi connectivity index (χ4n) is 2.84. The summed E-state index contributed by atoms with van der Waals surface area (Å²) in [4.78, 5) is 23.6. The molecule has 2 rings (SSSR count). The van der Waals surface area contributed by atoms with Gasteiger partial charge in [-0.2, -0.15) is 10.2 Å². The molecule has 1 fully saturated rings. The molecule has 1 saturated heterocycles. The fraction of sp³-hybridized carbons (Fsp3) is 0.647. The summed E-state index contributed by atoms with van der Waals surface area (Å²) in [6, 6.07) is -0.492. The summed E-state index contributed by atoms with van der Waals surface area (Å²) in [5.74, 6) is -0.443. The number of piperazine rings is 1. The minimum atomic E-state index is -0.492. The number of nitrogens with zero attached hydrogens (tertiary/aromatic N) is 3. The van der Waals surface area contributed by atoms with Gasteiger partial charge in [0.05, 0.1) is 24.4 Å². The highest BCUT2D eigenvalue weighted by molar-refractivity contribution is 5.89. The van der Waals surface area contributed by atoms with E-state index in [0.29, 0.717) is 13.1 Å². The van der Waals surface area contributed by atoms with Gasteiger partial charge in [0.25, 0.3) is 0 Å². The quantitative estimate of drug-likeness (QED) is 0.364. The van der Waals surface area contributed by atoms with Crippen molar-refractivity contribution >= 4 is 18.0 Å². The molecule has 1 aromatic rings. The summed E-state index contributed by atoms with van der Waals surface area (Å²) in [5, 5.41) is 14.3. The number of amides is 2. The summed E-state index contributed by atoms with van der Waals surface area (Å²) >= 11 is 0. The van der Waals surface area contributed by atoms with E-state index in [0.717, 1.165) is 29.9 Å². The van der Waals surface area contributed by atoms with Gasteiger partial charge in [0.2, 0.25) is 11.8 Å². The zero-order valence-electron chi connectivity index (χ0n) is 15.3. The number of hydrogen-bond donors (Lipinski definition) is 3. The lowest BCUT2D eigenvalue weighted by Gasteiger charge is -2.22. The first kappa shape index (κ1) is 19.1. The third-order valence-corrected chi connectivity index (χ3v) is 4.31. The molecule has 0 aromatic carbocycles. The van der Waals surface area contributed by atoms with Gasteiger partial charge in [0, 0.05) is 30.9 Å². The minimum absolute atomic E-state index is 0.0669. The lowest BCUT2D eigenvalue weighted by atomic mass is 10.1. The van der Waals surface area contributed by atoms with Crippen LogP contribution in [0.15, 0.2) is 5.10 Å². The smallest absolute Gasteiger partial charge is 0.242 e. The van der Waals surface area contributed by atoms with E-state index in [9.17, 15) is 9.59 Å². The van der Waals surface area contributed by atoms with Crippen LogP contribution in [0.1, 0.15) is 49.6 Å². The Labute approximate surface area is 148 Å². The molecule has 8 nitrogen and oxygen atoms in total. The Kier molecular flexibility index (Phi) is 7.12. The molecule has 0 radical (unpaired) electrons. The predicted molar refractivity (Wildman–Crippen MR) is 96.4 cm³/mol. The number of aryl methyl sites for hydroxylation is 2. The van der Waals surface area contributed by atoms with Gasteiger partial charge in [0.1, 0.15) is 0 Å². The molecule has 2 heterocycles.